The fourth-order valence-electron chi connectivity index (χ4n) is 0.688. The molecule has 0 radical (unpaired) electrons. The Bertz CT molecular complexity index is 192. The molecule has 1 unspecified atom stereocenters. The van der Waals surface area contributed by atoms with Crippen molar-refractivity contribution in [1.29, 1.82) is 0 Å². The zero-order valence-electron chi connectivity index (χ0n) is 6.62. The van der Waals surface area contributed by atoms with Gasteiger partial charge in [-0.25, -0.2) is 0 Å². The number of allylic oxidation sites excluding steroid dienone is 2. The molecule has 0 amide bonds. The third-order valence-corrected chi connectivity index (χ3v) is 1.16. The second kappa shape index (κ2) is 3.98. The van der Waals surface area contributed by atoms with Crippen LogP contribution in [0.15, 0.2) is 36.6 Å². The van der Waals surface area contributed by atoms with Crippen molar-refractivity contribution < 1.29 is 9.47 Å². The van der Waals surface area contributed by atoms with Crippen molar-refractivity contribution in [2.24, 2.45) is 0 Å². The molecule has 1 atom stereocenters. The molecule has 0 aliphatic carbocycles. The molecule has 11 heavy (non-hydrogen) atoms. The van der Waals surface area contributed by atoms with E-state index in [0.29, 0.717) is 6.61 Å². The summed E-state index contributed by atoms with van der Waals surface area (Å²) >= 11 is 0. The lowest BCUT2D eigenvalue weighted by atomic mass is 10.4. The molecule has 0 saturated carbocycles. The first-order valence-corrected chi connectivity index (χ1v) is 3.54. The van der Waals surface area contributed by atoms with Crippen LogP contribution in [0.1, 0.15) is 6.92 Å². The van der Waals surface area contributed by atoms with Gasteiger partial charge in [0, 0.05) is 0 Å². The molecule has 0 N–H and O–H groups in total. The van der Waals surface area contributed by atoms with Gasteiger partial charge in [0.2, 0.25) is 6.29 Å². The molecule has 0 aromatic heterocycles. The normalized spacial score (nSPS) is 21.4. The van der Waals surface area contributed by atoms with Crippen molar-refractivity contribution in [3.05, 3.63) is 36.6 Å². The van der Waals surface area contributed by atoms with Crippen molar-refractivity contribution >= 4 is 0 Å². The van der Waals surface area contributed by atoms with E-state index in [2.05, 4.69) is 6.58 Å². The first kappa shape index (κ1) is 8.08. The van der Waals surface area contributed by atoms with Gasteiger partial charge in [0.15, 0.2) is 0 Å². The lowest BCUT2D eigenvalue weighted by Gasteiger charge is -2.15. The highest BCUT2D eigenvalue weighted by Gasteiger charge is 2.04. The molecule has 60 valence electrons. The summed E-state index contributed by atoms with van der Waals surface area (Å²) in [6, 6.07) is 0. The Morgan fingerprint density at radius 2 is 2.45 bits per heavy atom. The Morgan fingerprint density at radius 1 is 1.64 bits per heavy atom. The zero-order chi connectivity index (χ0) is 8.10. The van der Waals surface area contributed by atoms with Crippen LogP contribution < -0.4 is 0 Å². The minimum absolute atomic E-state index is 0.239. The smallest absolute Gasteiger partial charge is 0.219 e. The predicted molar refractivity (Wildman–Crippen MR) is 43.9 cm³/mol. The SMILES string of the molecule is C=C(C)COC1C=CC=CO1. The van der Waals surface area contributed by atoms with Gasteiger partial charge in [-0.1, -0.05) is 18.2 Å². The zero-order valence-corrected chi connectivity index (χ0v) is 6.62. The summed E-state index contributed by atoms with van der Waals surface area (Å²) in [6.45, 7) is 6.18. The van der Waals surface area contributed by atoms with Gasteiger partial charge >= 0.3 is 0 Å². The van der Waals surface area contributed by atoms with Crippen LogP contribution in [0.3, 0.4) is 0 Å². The van der Waals surface area contributed by atoms with Gasteiger partial charge in [-0.2, -0.15) is 0 Å². The van der Waals surface area contributed by atoms with Crippen LogP contribution in [0.2, 0.25) is 0 Å². The van der Waals surface area contributed by atoms with Crippen molar-refractivity contribution in [3.8, 4) is 0 Å². The fraction of sp³-hybridized carbons (Fsp3) is 0.333. The summed E-state index contributed by atoms with van der Waals surface area (Å²) in [4.78, 5) is 0. The first-order valence-electron chi connectivity index (χ1n) is 3.54. The maximum absolute atomic E-state index is 5.28. The number of ether oxygens (including phenoxy) is 2. The summed E-state index contributed by atoms with van der Waals surface area (Å²) in [6.07, 6.45) is 6.94. The van der Waals surface area contributed by atoms with E-state index in [-0.39, 0.29) is 6.29 Å². The average Bonchev–Trinajstić information content (AvgIpc) is 2.03. The quantitative estimate of drug-likeness (QED) is 0.576. The lowest BCUT2D eigenvalue weighted by molar-refractivity contribution is -0.0653. The van der Waals surface area contributed by atoms with Crippen LogP contribution in [-0.2, 0) is 9.47 Å². The lowest BCUT2D eigenvalue weighted by Crippen LogP contribution is -2.14. The first-order chi connectivity index (χ1) is 5.29. The standard InChI is InChI=1S/C9H12O2/c1-8(2)7-11-9-5-3-4-6-10-9/h3-6,9H,1,7H2,2H3. The molecule has 1 aliphatic heterocycles. The van der Waals surface area contributed by atoms with E-state index >= 15 is 0 Å². The Labute approximate surface area is 66.8 Å². The maximum Gasteiger partial charge on any atom is 0.219 e. The fourth-order valence-corrected chi connectivity index (χ4v) is 0.688. The van der Waals surface area contributed by atoms with Gasteiger partial charge in [-0.05, 0) is 19.1 Å². The van der Waals surface area contributed by atoms with Crippen LogP contribution >= 0.6 is 0 Å². The van der Waals surface area contributed by atoms with Gasteiger partial charge < -0.3 is 9.47 Å². The third-order valence-electron chi connectivity index (χ3n) is 1.16. The molecule has 2 heteroatoms. The van der Waals surface area contributed by atoms with E-state index in [0.717, 1.165) is 5.57 Å². The molecule has 0 bridgehead atoms. The summed E-state index contributed by atoms with van der Waals surface area (Å²) < 4.78 is 10.4. The van der Waals surface area contributed by atoms with E-state index in [9.17, 15) is 0 Å². The van der Waals surface area contributed by atoms with Crippen LogP contribution in [0.25, 0.3) is 0 Å². The highest BCUT2D eigenvalue weighted by Crippen LogP contribution is 2.04. The van der Waals surface area contributed by atoms with Gasteiger partial charge in [-0.15, -0.1) is 0 Å². The molecule has 0 saturated heterocycles. The van der Waals surface area contributed by atoms with Crippen molar-refractivity contribution in [1.82, 2.24) is 0 Å². The Balaban J connectivity index is 2.22. The Morgan fingerprint density at radius 3 is 3.00 bits per heavy atom. The van der Waals surface area contributed by atoms with Crippen LogP contribution in [-0.4, -0.2) is 12.9 Å². The molecule has 0 aromatic carbocycles. The van der Waals surface area contributed by atoms with E-state index < -0.39 is 0 Å². The summed E-state index contributed by atoms with van der Waals surface area (Å²) in [7, 11) is 0. The van der Waals surface area contributed by atoms with Crippen LogP contribution in [0, 0.1) is 0 Å². The molecule has 2 nitrogen and oxygen atoms in total. The van der Waals surface area contributed by atoms with E-state index in [1.54, 1.807) is 6.26 Å². The molecule has 0 fully saturated rings. The topological polar surface area (TPSA) is 18.5 Å². The summed E-state index contributed by atoms with van der Waals surface area (Å²) in [5.41, 5.74) is 0.997. The number of hydrogen-bond acceptors (Lipinski definition) is 2. The second-order valence-electron chi connectivity index (χ2n) is 2.49. The van der Waals surface area contributed by atoms with Gasteiger partial charge in [-0.3, -0.25) is 0 Å². The van der Waals surface area contributed by atoms with E-state index in [1.807, 2.05) is 25.2 Å². The van der Waals surface area contributed by atoms with Crippen LogP contribution in [0.4, 0.5) is 0 Å². The Kier molecular flexibility index (Phi) is 2.93. The van der Waals surface area contributed by atoms with Gasteiger partial charge in [0.1, 0.15) is 0 Å². The van der Waals surface area contributed by atoms with Gasteiger partial charge in [0.05, 0.1) is 12.9 Å². The monoisotopic (exact) mass is 152 g/mol. The predicted octanol–water partition coefficient (Wildman–Crippen LogP) is 2.01. The maximum atomic E-state index is 5.28. The molecule has 1 rings (SSSR count). The minimum atomic E-state index is -0.239. The molecule has 0 spiro atoms. The largest absolute Gasteiger partial charge is 0.469 e. The second-order valence-corrected chi connectivity index (χ2v) is 2.49. The van der Waals surface area contributed by atoms with Crippen LogP contribution in [0.5, 0.6) is 0 Å². The number of rotatable bonds is 3. The van der Waals surface area contributed by atoms with E-state index in [1.165, 1.54) is 0 Å². The summed E-state index contributed by atoms with van der Waals surface area (Å²) in [5, 5.41) is 0. The third kappa shape index (κ3) is 3.05. The molecular weight excluding hydrogens is 140 g/mol. The minimum Gasteiger partial charge on any atom is -0.469 e. The van der Waals surface area contributed by atoms with Gasteiger partial charge in [0.25, 0.3) is 0 Å². The molecular formula is C9H12O2. The molecule has 1 heterocycles. The summed E-state index contributed by atoms with van der Waals surface area (Å²) in [5.74, 6) is 0. The molecule has 0 aromatic rings. The van der Waals surface area contributed by atoms with Crippen molar-refractivity contribution in [2.75, 3.05) is 6.61 Å². The number of hydrogen-bond donors (Lipinski definition) is 0. The molecule has 1 aliphatic rings. The van der Waals surface area contributed by atoms with Crippen molar-refractivity contribution in [3.63, 3.8) is 0 Å². The van der Waals surface area contributed by atoms with Crippen molar-refractivity contribution in [2.45, 2.75) is 13.2 Å². The Hall–Kier alpha value is -1.02. The average molecular weight is 152 g/mol. The highest BCUT2D eigenvalue weighted by molar-refractivity contribution is 5.05. The van der Waals surface area contributed by atoms with E-state index in [4.69, 9.17) is 9.47 Å². The highest BCUT2D eigenvalue weighted by atomic mass is 16.7.